The summed E-state index contributed by atoms with van der Waals surface area (Å²) in [4.78, 5) is 20.7. The van der Waals surface area contributed by atoms with Crippen molar-refractivity contribution in [2.45, 2.75) is 72.4 Å². The number of aryl methyl sites for hydroxylation is 1. The van der Waals surface area contributed by atoms with E-state index in [1.807, 2.05) is 6.07 Å². The molecule has 180 valence electrons. The van der Waals surface area contributed by atoms with Gasteiger partial charge in [0, 0.05) is 43.7 Å². The second-order valence-corrected chi connectivity index (χ2v) is 9.76. The van der Waals surface area contributed by atoms with Crippen molar-refractivity contribution < 1.29 is 4.79 Å². The molecule has 6 nitrogen and oxygen atoms in total. The number of piperazine rings is 1. The SMILES string of the molecule is CCC(C)N(Cc1c(C)nn(-c2ccccc2)c1N1CCN(CC)CC1)C(=O)C1CCCC1. The van der Waals surface area contributed by atoms with Crippen molar-refractivity contribution in [1.82, 2.24) is 19.6 Å². The third kappa shape index (κ3) is 5.11. The van der Waals surface area contributed by atoms with Crippen LogP contribution in [0, 0.1) is 12.8 Å². The molecule has 1 aliphatic carbocycles. The number of carbonyl (C=O) groups excluding carboxylic acids is 1. The maximum Gasteiger partial charge on any atom is 0.226 e. The zero-order chi connectivity index (χ0) is 23.4. The number of hydrogen-bond donors (Lipinski definition) is 0. The van der Waals surface area contributed by atoms with Crippen molar-refractivity contribution in [2.24, 2.45) is 5.92 Å². The van der Waals surface area contributed by atoms with Crippen molar-refractivity contribution in [3.63, 3.8) is 0 Å². The van der Waals surface area contributed by atoms with Crippen molar-refractivity contribution in [3.8, 4) is 5.69 Å². The minimum atomic E-state index is 0.194. The van der Waals surface area contributed by atoms with Crippen LogP contribution in [0.4, 0.5) is 5.82 Å². The van der Waals surface area contributed by atoms with Crippen LogP contribution in [-0.4, -0.2) is 64.3 Å². The molecule has 0 bridgehead atoms. The normalized spacial score (nSPS) is 18.6. The van der Waals surface area contributed by atoms with E-state index >= 15 is 0 Å². The van der Waals surface area contributed by atoms with Crippen LogP contribution < -0.4 is 4.90 Å². The van der Waals surface area contributed by atoms with E-state index < -0.39 is 0 Å². The molecule has 2 fully saturated rings. The molecule has 0 N–H and O–H groups in total. The fourth-order valence-corrected chi connectivity index (χ4v) is 5.33. The molecular weight excluding hydrogens is 410 g/mol. The third-order valence-electron chi connectivity index (χ3n) is 7.72. The number of para-hydroxylation sites is 1. The molecule has 0 spiro atoms. The van der Waals surface area contributed by atoms with Gasteiger partial charge in [0.15, 0.2) is 0 Å². The molecule has 1 saturated heterocycles. The summed E-state index contributed by atoms with van der Waals surface area (Å²) in [7, 11) is 0. The summed E-state index contributed by atoms with van der Waals surface area (Å²) in [6, 6.07) is 10.7. The molecule has 1 unspecified atom stereocenters. The van der Waals surface area contributed by atoms with Crippen LogP contribution in [0.5, 0.6) is 0 Å². The molecule has 1 saturated carbocycles. The number of benzene rings is 1. The minimum Gasteiger partial charge on any atom is -0.354 e. The number of carbonyl (C=O) groups is 1. The first kappa shape index (κ1) is 23.8. The van der Waals surface area contributed by atoms with Gasteiger partial charge in [0.1, 0.15) is 5.82 Å². The number of amides is 1. The van der Waals surface area contributed by atoms with Gasteiger partial charge in [0.25, 0.3) is 0 Å². The predicted octanol–water partition coefficient (Wildman–Crippen LogP) is 4.64. The molecular formula is C27H41N5O. The molecule has 1 aromatic heterocycles. The van der Waals surface area contributed by atoms with Gasteiger partial charge in [-0.05, 0) is 51.8 Å². The smallest absolute Gasteiger partial charge is 0.226 e. The Morgan fingerprint density at radius 3 is 2.36 bits per heavy atom. The summed E-state index contributed by atoms with van der Waals surface area (Å²) >= 11 is 0. The topological polar surface area (TPSA) is 44.6 Å². The van der Waals surface area contributed by atoms with Crippen LogP contribution >= 0.6 is 0 Å². The first-order valence-corrected chi connectivity index (χ1v) is 12.9. The zero-order valence-corrected chi connectivity index (χ0v) is 21.0. The number of aromatic nitrogens is 2. The molecule has 2 aliphatic rings. The lowest BCUT2D eigenvalue weighted by Crippen LogP contribution is -2.47. The van der Waals surface area contributed by atoms with Crippen LogP contribution in [0.1, 0.15) is 64.1 Å². The summed E-state index contributed by atoms with van der Waals surface area (Å²) in [6.45, 7) is 14.6. The number of nitrogens with zero attached hydrogens (tertiary/aromatic N) is 5. The molecule has 6 heteroatoms. The van der Waals surface area contributed by atoms with E-state index in [0.717, 1.165) is 63.4 Å². The Balaban J connectivity index is 1.71. The van der Waals surface area contributed by atoms with E-state index in [4.69, 9.17) is 5.10 Å². The van der Waals surface area contributed by atoms with Gasteiger partial charge in [-0.25, -0.2) is 4.68 Å². The maximum absolute atomic E-state index is 13.6. The molecule has 0 radical (unpaired) electrons. The Morgan fingerprint density at radius 2 is 1.76 bits per heavy atom. The van der Waals surface area contributed by atoms with Crippen LogP contribution in [-0.2, 0) is 11.3 Å². The summed E-state index contributed by atoms with van der Waals surface area (Å²) in [5.74, 6) is 1.71. The van der Waals surface area contributed by atoms with Crippen LogP contribution in [0.25, 0.3) is 5.69 Å². The highest BCUT2D eigenvalue weighted by Crippen LogP contribution is 2.33. The second-order valence-electron chi connectivity index (χ2n) is 9.76. The van der Waals surface area contributed by atoms with E-state index in [1.54, 1.807) is 0 Å². The Bertz CT molecular complexity index is 910. The van der Waals surface area contributed by atoms with E-state index in [0.29, 0.717) is 12.5 Å². The zero-order valence-electron chi connectivity index (χ0n) is 21.0. The highest BCUT2D eigenvalue weighted by Gasteiger charge is 2.32. The molecule has 1 aliphatic heterocycles. The molecule has 1 amide bonds. The fraction of sp³-hybridized carbons (Fsp3) is 0.630. The first-order valence-electron chi connectivity index (χ1n) is 12.9. The maximum atomic E-state index is 13.6. The molecule has 2 heterocycles. The summed E-state index contributed by atoms with van der Waals surface area (Å²) in [6.07, 6.45) is 5.42. The van der Waals surface area contributed by atoms with Gasteiger partial charge < -0.3 is 14.7 Å². The van der Waals surface area contributed by atoms with Crippen LogP contribution in [0.3, 0.4) is 0 Å². The van der Waals surface area contributed by atoms with E-state index in [-0.39, 0.29) is 12.0 Å². The Kier molecular flexibility index (Phi) is 7.74. The van der Waals surface area contributed by atoms with Crippen molar-refractivity contribution in [2.75, 3.05) is 37.6 Å². The number of anilines is 1. The Morgan fingerprint density at radius 1 is 1.09 bits per heavy atom. The van der Waals surface area contributed by atoms with Crippen LogP contribution in [0.15, 0.2) is 30.3 Å². The van der Waals surface area contributed by atoms with Crippen molar-refractivity contribution in [3.05, 3.63) is 41.6 Å². The summed E-state index contributed by atoms with van der Waals surface area (Å²) in [5, 5.41) is 5.01. The predicted molar refractivity (Wildman–Crippen MR) is 135 cm³/mol. The monoisotopic (exact) mass is 451 g/mol. The van der Waals surface area contributed by atoms with Gasteiger partial charge in [-0.3, -0.25) is 4.79 Å². The van der Waals surface area contributed by atoms with E-state index in [2.05, 4.69) is 71.3 Å². The first-order chi connectivity index (χ1) is 16.0. The van der Waals surface area contributed by atoms with Crippen molar-refractivity contribution >= 4 is 11.7 Å². The lowest BCUT2D eigenvalue weighted by atomic mass is 10.0. The Hall–Kier alpha value is -2.34. The minimum absolute atomic E-state index is 0.194. The highest BCUT2D eigenvalue weighted by molar-refractivity contribution is 5.79. The summed E-state index contributed by atoms with van der Waals surface area (Å²) in [5.41, 5.74) is 3.31. The Labute approximate surface area is 199 Å². The number of likely N-dealkylation sites (N-methyl/N-ethyl adjacent to an activating group) is 1. The molecule has 1 aromatic carbocycles. The summed E-state index contributed by atoms with van der Waals surface area (Å²) < 4.78 is 2.11. The molecule has 33 heavy (non-hydrogen) atoms. The van der Waals surface area contributed by atoms with Crippen LogP contribution in [0.2, 0.25) is 0 Å². The molecule has 2 aromatic rings. The largest absolute Gasteiger partial charge is 0.354 e. The second kappa shape index (κ2) is 10.7. The average Bonchev–Trinajstić information content (AvgIpc) is 3.51. The van der Waals surface area contributed by atoms with E-state index in [1.165, 1.54) is 24.2 Å². The van der Waals surface area contributed by atoms with Gasteiger partial charge in [0.05, 0.1) is 17.9 Å². The van der Waals surface area contributed by atoms with Gasteiger partial charge >= 0.3 is 0 Å². The van der Waals surface area contributed by atoms with Crippen molar-refractivity contribution in [1.29, 1.82) is 0 Å². The van der Waals surface area contributed by atoms with E-state index in [9.17, 15) is 4.79 Å². The fourth-order valence-electron chi connectivity index (χ4n) is 5.33. The third-order valence-corrected chi connectivity index (χ3v) is 7.72. The number of hydrogen-bond acceptors (Lipinski definition) is 4. The van der Waals surface area contributed by atoms with Gasteiger partial charge in [-0.1, -0.05) is 44.9 Å². The lowest BCUT2D eigenvalue weighted by Gasteiger charge is -2.37. The molecule has 1 atom stereocenters. The highest BCUT2D eigenvalue weighted by atomic mass is 16.2. The lowest BCUT2D eigenvalue weighted by molar-refractivity contribution is -0.138. The standard InChI is InChI=1S/C27H41N5O/c1-5-21(3)31(27(33)23-12-10-11-13-23)20-25-22(4)28-32(24-14-8-7-9-15-24)26(25)30-18-16-29(6-2)17-19-30/h7-9,14-15,21,23H,5-6,10-13,16-20H2,1-4H3. The quantitative estimate of drug-likeness (QED) is 0.587. The van der Waals surface area contributed by atoms with Gasteiger partial charge in [-0.2, -0.15) is 5.10 Å². The number of rotatable bonds is 8. The van der Waals surface area contributed by atoms with Gasteiger partial charge in [-0.15, -0.1) is 0 Å². The van der Waals surface area contributed by atoms with Gasteiger partial charge in [0.2, 0.25) is 5.91 Å². The molecule has 4 rings (SSSR count). The average molecular weight is 452 g/mol.